The molecule has 1 aromatic heterocycles. The van der Waals surface area contributed by atoms with E-state index in [0.717, 1.165) is 44.2 Å². The fraction of sp³-hybridized carbons (Fsp3) is 0. The van der Waals surface area contributed by atoms with Crippen LogP contribution in [-0.4, -0.2) is 4.57 Å². The molecule has 0 aliphatic carbocycles. The molecule has 0 N–H and O–H groups in total. The van der Waals surface area contributed by atoms with Gasteiger partial charge in [0.2, 0.25) is 0 Å². The van der Waals surface area contributed by atoms with Gasteiger partial charge in [0, 0.05) is 33.2 Å². The SMILES string of the molecule is [C-]#[N+]c1cccc(C#N)c1-c1cccc2c1c1cccc(-c3ccccc3)c1n2-c1ccccc1. The lowest BCUT2D eigenvalue weighted by molar-refractivity contribution is 1.18. The molecule has 0 bridgehead atoms. The Labute approximate surface area is 203 Å². The van der Waals surface area contributed by atoms with E-state index in [4.69, 9.17) is 6.57 Å². The molecule has 5 aromatic carbocycles. The molecule has 0 saturated carbocycles. The van der Waals surface area contributed by atoms with Crippen LogP contribution in [0.15, 0.2) is 115 Å². The third-order valence-corrected chi connectivity index (χ3v) is 6.46. The van der Waals surface area contributed by atoms with Crippen molar-refractivity contribution in [1.82, 2.24) is 4.57 Å². The first kappa shape index (κ1) is 20.5. The van der Waals surface area contributed by atoms with Gasteiger partial charge in [-0.05, 0) is 35.4 Å². The van der Waals surface area contributed by atoms with Gasteiger partial charge in [0.05, 0.1) is 23.7 Å². The van der Waals surface area contributed by atoms with Gasteiger partial charge in [-0.25, -0.2) is 4.85 Å². The van der Waals surface area contributed by atoms with Crippen molar-refractivity contribution in [3.63, 3.8) is 0 Å². The zero-order chi connectivity index (χ0) is 23.8. The molecule has 0 amide bonds. The monoisotopic (exact) mass is 445 g/mol. The van der Waals surface area contributed by atoms with E-state index in [1.165, 1.54) is 0 Å². The molecule has 0 unspecified atom stereocenters. The number of hydrogen-bond acceptors (Lipinski definition) is 1. The van der Waals surface area contributed by atoms with Gasteiger partial charge in [-0.3, -0.25) is 0 Å². The Morgan fingerprint density at radius 2 is 1.37 bits per heavy atom. The second-order valence-electron chi connectivity index (χ2n) is 8.36. The summed E-state index contributed by atoms with van der Waals surface area (Å²) in [6.07, 6.45) is 0. The van der Waals surface area contributed by atoms with Gasteiger partial charge in [0.15, 0.2) is 5.69 Å². The normalized spacial score (nSPS) is 10.8. The number of para-hydroxylation sites is 2. The van der Waals surface area contributed by atoms with Gasteiger partial charge in [-0.15, -0.1) is 0 Å². The maximum absolute atomic E-state index is 9.90. The molecule has 0 atom stereocenters. The first-order chi connectivity index (χ1) is 17.3. The van der Waals surface area contributed by atoms with Gasteiger partial charge < -0.3 is 4.57 Å². The van der Waals surface area contributed by atoms with Crippen LogP contribution in [0.1, 0.15) is 5.56 Å². The molecule has 0 saturated heterocycles. The van der Waals surface area contributed by atoms with Gasteiger partial charge in [-0.2, -0.15) is 5.26 Å². The number of benzene rings is 5. The fourth-order valence-corrected chi connectivity index (χ4v) is 5.03. The zero-order valence-corrected chi connectivity index (χ0v) is 18.8. The summed E-state index contributed by atoms with van der Waals surface area (Å²) in [7, 11) is 0. The molecule has 3 heteroatoms. The summed E-state index contributed by atoms with van der Waals surface area (Å²) in [6.45, 7) is 7.77. The van der Waals surface area contributed by atoms with Crippen LogP contribution in [0.2, 0.25) is 0 Å². The molecule has 162 valence electrons. The van der Waals surface area contributed by atoms with Crippen molar-refractivity contribution in [3.8, 4) is 34.0 Å². The lowest BCUT2D eigenvalue weighted by Gasteiger charge is -2.12. The maximum Gasteiger partial charge on any atom is 0.196 e. The van der Waals surface area contributed by atoms with E-state index in [2.05, 4.69) is 76.1 Å². The molecular weight excluding hydrogens is 426 g/mol. The van der Waals surface area contributed by atoms with E-state index in [1.54, 1.807) is 18.2 Å². The van der Waals surface area contributed by atoms with Gasteiger partial charge >= 0.3 is 0 Å². The Kier molecular flexibility index (Phi) is 4.88. The third-order valence-electron chi connectivity index (χ3n) is 6.46. The molecule has 0 radical (unpaired) electrons. The summed E-state index contributed by atoms with van der Waals surface area (Å²) in [5, 5.41) is 12.0. The maximum atomic E-state index is 9.90. The lowest BCUT2D eigenvalue weighted by atomic mass is 9.93. The highest BCUT2D eigenvalue weighted by Crippen LogP contribution is 2.44. The van der Waals surface area contributed by atoms with E-state index >= 15 is 0 Å². The van der Waals surface area contributed by atoms with Crippen molar-refractivity contribution in [3.05, 3.63) is 132 Å². The minimum absolute atomic E-state index is 0.483. The second-order valence-corrected chi connectivity index (χ2v) is 8.36. The number of rotatable bonds is 3. The largest absolute Gasteiger partial charge is 0.309 e. The lowest BCUT2D eigenvalue weighted by Crippen LogP contribution is -1.95. The van der Waals surface area contributed by atoms with Crippen LogP contribution in [0.3, 0.4) is 0 Å². The Morgan fingerprint density at radius 1 is 0.686 bits per heavy atom. The predicted octanol–water partition coefficient (Wildman–Crippen LogP) is 8.54. The van der Waals surface area contributed by atoms with Crippen LogP contribution in [0.4, 0.5) is 5.69 Å². The highest BCUT2D eigenvalue weighted by Gasteiger charge is 2.21. The number of aromatic nitrogens is 1. The van der Waals surface area contributed by atoms with E-state index < -0.39 is 0 Å². The predicted molar refractivity (Wildman–Crippen MR) is 143 cm³/mol. The summed E-state index contributed by atoms with van der Waals surface area (Å²) in [6, 6.07) is 40.9. The highest BCUT2D eigenvalue weighted by molar-refractivity contribution is 6.19. The fourth-order valence-electron chi connectivity index (χ4n) is 5.03. The number of hydrogen-bond donors (Lipinski definition) is 0. The first-order valence-corrected chi connectivity index (χ1v) is 11.4. The highest BCUT2D eigenvalue weighted by atomic mass is 15.0. The topological polar surface area (TPSA) is 33.1 Å². The molecular formula is C32H19N3. The van der Waals surface area contributed by atoms with Crippen molar-refractivity contribution in [2.24, 2.45) is 0 Å². The van der Waals surface area contributed by atoms with Crippen LogP contribution in [-0.2, 0) is 0 Å². The van der Waals surface area contributed by atoms with Gasteiger partial charge in [0.25, 0.3) is 0 Å². The van der Waals surface area contributed by atoms with E-state index in [0.29, 0.717) is 16.8 Å². The van der Waals surface area contributed by atoms with Crippen LogP contribution >= 0.6 is 0 Å². The van der Waals surface area contributed by atoms with Gasteiger partial charge in [-0.1, -0.05) is 91.0 Å². The quantitative estimate of drug-likeness (QED) is 0.251. The Bertz CT molecular complexity index is 1770. The minimum atomic E-state index is 0.483. The smallest absolute Gasteiger partial charge is 0.196 e. The standard InChI is InChI=1S/C32H19N3/c1-34-28-19-8-13-23(21-33)30(28)26-17-10-20-29-31(26)27-18-9-16-25(22-11-4-2-5-12-22)32(27)35(29)24-14-6-3-7-15-24/h2-20H. The van der Waals surface area contributed by atoms with Crippen molar-refractivity contribution in [1.29, 1.82) is 5.26 Å². The second kappa shape index (κ2) is 8.34. The van der Waals surface area contributed by atoms with E-state index in [1.807, 2.05) is 36.4 Å². The third kappa shape index (κ3) is 3.19. The number of nitrogens with zero attached hydrogens (tertiary/aromatic N) is 3. The van der Waals surface area contributed by atoms with Crippen LogP contribution in [0.25, 0.3) is 54.6 Å². The number of nitriles is 1. The average Bonchev–Trinajstić information content (AvgIpc) is 3.28. The molecule has 6 aromatic rings. The molecule has 0 spiro atoms. The molecule has 1 heterocycles. The number of fused-ring (bicyclic) bond motifs is 3. The summed E-state index contributed by atoms with van der Waals surface area (Å²) in [4.78, 5) is 3.76. The van der Waals surface area contributed by atoms with Crippen LogP contribution in [0.5, 0.6) is 0 Å². The molecule has 0 aliphatic heterocycles. The average molecular weight is 446 g/mol. The van der Waals surface area contributed by atoms with Crippen molar-refractivity contribution in [2.45, 2.75) is 0 Å². The van der Waals surface area contributed by atoms with Crippen molar-refractivity contribution in [2.75, 3.05) is 0 Å². The molecule has 0 fully saturated rings. The Morgan fingerprint density at radius 3 is 2.11 bits per heavy atom. The molecule has 35 heavy (non-hydrogen) atoms. The molecule has 3 nitrogen and oxygen atoms in total. The van der Waals surface area contributed by atoms with Crippen molar-refractivity contribution < 1.29 is 0 Å². The van der Waals surface area contributed by atoms with Crippen molar-refractivity contribution >= 4 is 27.5 Å². The van der Waals surface area contributed by atoms with Gasteiger partial charge in [0.1, 0.15) is 0 Å². The summed E-state index contributed by atoms with van der Waals surface area (Å²) in [5.41, 5.74) is 8.05. The first-order valence-electron chi connectivity index (χ1n) is 11.4. The van der Waals surface area contributed by atoms with E-state index in [-0.39, 0.29) is 0 Å². The van der Waals surface area contributed by atoms with E-state index in [9.17, 15) is 5.26 Å². The summed E-state index contributed by atoms with van der Waals surface area (Å²) < 4.78 is 2.29. The Balaban J connectivity index is 1.84. The van der Waals surface area contributed by atoms with Crippen LogP contribution < -0.4 is 0 Å². The molecule has 6 rings (SSSR count). The summed E-state index contributed by atoms with van der Waals surface area (Å²) >= 11 is 0. The minimum Gasteiger partial charge on any atom is -0.309 e. The molecule has 0 aliphatic rings. The summed E-state index contributed by atoms with van der Waals surface area (Å²) in [5.74, 6) is 0. The Hall–Kier alpha value is -5.12. The van der Waals surface area contributed by atoms with Crippen LogP contribution in [0, 0.1) is 17.9 Å². The zero-order valence-electron chi connectivity index (χ0n) is 18.8.